The molecular formula is C19H17N3PS+. The summed E-state index contributed by atoms with van der Waals surface area (Å²) in [6.07, 6.45) is 8.13. The van der Waals surface area contributed by atoms with Crippen molar-refractivity contribution in [2.75, 3.05) is 0 Å². The van der Waals surface area contributed by atoms with Gasteiger partial charge in [0, 0.05) is 0 Å². The lowest BCUT2D eigenvalue weighted by Gasteiger charge is -2.16. The molecule has 0 amide bonds. The molecule has 3 nitrogen and oxygen atoms in total. The zero-order valence-corrected chi connectivity index (χ0v) is 15.0. The monoisotopic (exact) mass is 350 g/mol. The summed E-state index contributed by atoms with van der Waals surface area (Å²) in [4.78, 5) is 4.66. The third-order valence-corrected chi connectivity index (χ3v) is 7.54. The molecule has 24 heavy (non-hydrogen) atoms. The Morgan fingerprint density at radius 1 is 0.958 bits per heavy atom. The van der Waals surface area contributed by atoms with E-state index < -0.39 is 7.92 Å². The molecule has 0 aliphatic carbocycles. The molecule has 0 fully saturated rings. The van der Waals surface area contributed by atoms with Crippen molar-refractivity contribution < 1.29 is 4.57 Å². The fourth-order valence-electron chi connectivity index (χ4n) is 2.60. The van der Waals surface area contributed by atoms with Gasteiger partial charge in [0.15, 0.2) is 0 Å². The van der Waals surface area contributed by atoms with Crippen molar-refractivity contribution in [2.24, 2.45) is 7.05 Å². The van der Waals surface area contributed by atoms with Crippen molar-refractivity contribution in [3.05, 3.63) is 85.6 Å². The molecule has 0 unspecified atom stereocenters. The Balaban J connectivity index is 1.79. The van der Waals surface area contributed by atoms with Crippen molar-refractivity contribution in [2.45, 2.75) is 0 Å². The van der Waals surface area contributed by atoms with Crippen LogP contribution in [0.5, 0.6) is 0 Å². The lowest BCUT2D eigenvalue weighted by Crippen LogP contribution is -2.23. The Bertz CT molecular complexity index is 892. The second-order valence-electron chi connectivity index (χ2n) is 5.47. The van der Waals surface area contributed by atoms with Crippen LogP contribution in [0.15, 0.2) is 85.6 Å². The Kier molecular flexibility index (Phi) is 4.24. The van der Waals surface area contributed by atoms with Crippen LogP contribution in [0, 0.1) is 0 Å². The Labute approximate surface area is 146 Å². The van der Waals surface area contributed by atoms with Gasteiger partial charge in [0.25, 0.3) is 11.5 Å². The number of imidazole rings is 1. The molecule has 0 aliphatic heterocycles. The molecule has 118 valence electrons. The van der Waals surface area contributed by atoms with E-state index in [2.05, 4.69) is 70.2 Å². The van der Waals surface area contributed by atoms with E-state index in [1.54, 1.807) is 11.3 Å². The molecule has 5 heteroatoms. The van der Waals surface area contributed by atoms with Crippen LogP contribution in [0.3, 0.4) is 0 Å². The van der Waals surface area contributed by atoms with Gasteiger partial charge in [-0.25, -0.2) is 9.55 Å². The Morgan fingerprint density at radius 2 is 1.58 bits per heavy atom. The quantitative estimate of drug-likeness (QED) is 0.409. The maximum Gasteiger partial charge on any atom is 0.284 e. The predicted molar refractivity (Wildman–Crippen MR) is 101 cm³/mol. The lowest BCUT2D eigenvalue weighted by atomic mass is 10.4. The van der Waals surface area contributed by atoms with E-state index >= 15 is 0 Å². The van der Waals surface area contributed by atoms with E-state index in [0.29, 0.717) is 0 Å². The largest absolute Gasteiger partial charge is 0.284 e. The van der Waals surface area contributed by atoms with Gasteiger partial charge in [0.05, 0.1) is 17.9 Å². The van der Waals surface area contributed by atoms with Gasteiger partial charge in [-0.2, -0.15) is 4.57 Å². The van der Waals surface area contributed by atoms with Gasteiger partial charge in [-0.05, 0) is 18.5 Å². The number of hydrogen-bond acceptors (Lipinski definition) is 2. The van der Waals surface area contributed by atoms with E-state index in [1.165, 1.54) is 15.2 Å². The lowest BCUT2D eigenvalue weighted by molar-refractivity contribution is -0.670. The van der Waals surface area contributed by atoms with E-state index in [1.807, 2.05) is 36.5 Å². The highest BCUT2D eigenvalue weighted by atomic mass is 32.1. The molecule has 0 atom stereocenters. The number of aromatic nitrogens is 3. The molecule has 0 bridgehead atoms. The number of aryl methyl sites for hydroxylation is 1. The van der Waals surface area contributed by atoms with Gasteiger partial charge >= 0.3 is 0 Å². The summed E-state index contributed by atoms with van der Waals surface area (Å²) >= 11 is 1.76. The molecule has 0 radical (unpaired) electrons. The fraction of sp³-hybridized carbons (Fsp3) is 0.0526. The molecule has 0 saturated carbocycles. The molecule has 2 aromatic heterocycles. The SMILES string of the molecule is C[n+]1ccn(-c2ncc(P(c3ccccc3)c3ccccc3)s2)c1. The third kappa shape index (κ3) is 3.03. The van der Waals surface area contributed by atoms with Gasteiger partial charge in [0.2, 0.25) is 0 Å². The van der Waals surface area contributed by atoms with Crippen LogP contribution in [0.4, 0.5) is 0 Å². The van der Waals surface area contributed by atoms with Crippen LogP contribution < -0.4 is 19.8 Å². The number of hydrogen-bond donors (Lipinski definition) is 0. The highest BCUT2D eigenvalue weighted by Gasteiger charge is 2.20. The number of benzene rings is 2. The minimum Gasteiger partial charge on any atom is -0.239 e. The van der Waals surface area contributed by atoms with Crippen molar-refractivity contribution in [1.29, 1.82) is 0 Å². The first-order valence-corrected chi connectivity index (χ1v) is 9.87. The van der Waals surface area contributed by atoms with Gasteiger partial charge in [-0.1, -0.05) is 72.0 Å². The summed E-state index contributed by atoms with van der Waals surface area (Å²) in [5.41, 5.74) is 0. The minimum absolute atomic E-state index is 0.573. The van der Waals surface area contributed by atoms with Gasteiger partial charge in [-0.15, -0.1) is 0 Å². The Hall–Kier alpha value is -2.29. The standard InChI is InChI=1S/C19H17N3PS/c1-21-12-13-22(15-21)19-20-14-18(24-19)23(16-8-4-2-5-9-16)17-10-6-3-7-11-17/h2-15H,1H3/q+1. The van der Waals surface area contributed by atoms with E-state index in [4.69, 9.17) is 0 Å². The summed E-state index contributed by atoms with van der Waals surface area (Å²) in [7, 11) is 1.45. The van der Waals surface area contributed by atoms with Crippen molar-refractivity contribution >= 4 is 34.5 Å². The summed E-state index contributed by atoms with van der Waals surface area (Å²) in [5, 5.41) is 3.71. The zero-order chi connectivity index (χ0) is 16.4. The highest BCUT2D eigenvalue weighted by molar-refractivity contribution is 7.84. The molecule has 2 heterocycles. The molecule has 0 N–H and O–H groups in total. The van der Waals surface area contributed by atoms with Gasteiger partial charge in [-0.3, -0.25) is 0 Å². The van der Waals surface area contributed by atoms with Crippen LogP contribution >= 0.6 is 19.3 Å². The molecule has 2 aromatic carbocycles. The molecule has 4 aromatic rings. The summed E-state index contributed by atoms with van der Waals surface area (Å²) in [6.45, 7) is 0. The van der Waals surface area contributed by atoms with Gasteiger partial charge < -0.3 is 0 Å². The highest BCUT2D eigenvalue weighted by Crippen LogP contribution is 2.35. The smallest absolute Gasteiger partial charge is 0.239 e. The molecule has 0 saturated heterocycles. The maximum atomic E-state index is 4.66. The molecular weight excluding hydrogens is 333 g/mol. The number of thiazole rings is 1. The molecule has 4 rings (SSSR count). The average molecular weight is 350 g/mol. The van der Waals surface area contributed by atoms with Crippen molar-refractivity contribution in [3.8, 4) is 5.13 Å². The molecule has 0 spiro atoms. The topological polar surface area (TPSA) is 21.7 Å². The first kappa shape index (κ1) is 15.3. The first-order chi connectivity index (χ1) is 11.8. The number of rotatable bonds is 4. The summed E-state index contributed by atoms with van der Waals surface area (Å²) in [6, 6.07) is 21.5. The Morgan fingerprint density at radius 3 is 2.12 bits per heavy atom. The fourth-order valence-corrected chi connectivity index (χ4v) is 6.38. The predicted octanol–water partition coefficient (Wildman–Crippen LogP) is 2.52. The minimum atomic E-state index is -0.573. The van der Waals surface area contributed by atoms with Crippen LogP contribution in [0.2, 0.25) is 0 Å². The van der Waals surface area contributed by atoms with E-state index in [-0.39, 0.29) is 0 Å². The van der Waals surface area contributed by atoms with Crippen LogP contribution in [-0.2, 0) is 7.05 Å². The van der Waals surface area contributed by atoms with Crippen LogP contribution in [-0.4, -0.2) is 9.55 Å². The second kappa shape index (κ2) is 6.68. The summed E-state index contributed by atoms with van der Waals surface area (Å²) < 4.78 is 5.41. The normalized spacial score (nSPS) is 11.1. The van der Waals surface area contributed by atoms with Crippen LogP contribution in [0.1, 0.15) is 0 Å². The third-order valence-electron chi connectivity index (χ3n) is 3.72. The molecule has 0 aliphatic rings. The second-order valence-corrected chi connectivity index (χ2v) is 8.97. The van der Waals surface area contributed by atoms with Gasteiger partial charge in [0.1, 0.15) is 12.4 Å². The zero-order valence-electron chi connectivity index (χ0n) is 13.3. The number of nitrogens with zero attached hydrogens (tertiary/aromatic N) is 3. The van der Waals surface area contributed by atoms with E-state index in [9.17, 15) is 0 Å². The summed E-state index contributed by atoms with van der Waals surface area (Å²) in [5.74, 6) is 0. The average Bonchev–Trinajstić information content (AvgIpc) is 3.26. The van der Waals surface area contributed by atoms with Crippen molar-refractivity contribution in [1.82, 2.24) is 9.55 Å². The first-order valence-electron chi connectivity index (χ1n) is 7.71. The van der Waals surface area contributed by atoms with E-state index in [0.717, 1.165) is 5.13 Å². The maximum absolute atomic E-state index is 4.66. The van der Waals surface area contributed by atoms with Crippen LogP contribution in [0.25, 0.3) is 5.13 Å². The van der Waals surface area contributed by atoms with Crippen molar-refractivity contribution in [3.63, 3.8) is 0 Å².